The minimum absolute atomic E-state index is 0.250. The Labute approximate surface area is 129 Å². The van der Waals surface area contributed by atoms with Crippen molar-refractivity contribution in [1.29, 1.82) is 0 Å². The first-order chi connectivity index (χ1) is 9.06. The summed E-state index contributed by atoms with van der Waals surface area (Å²) in [6.07, 6.45) is 0. The molecule has 0 saturated heterocycles. The third-order valence-corrected chi connectivity index (χ3v) is 4.86. The van der Waals surface area contributed by atoms with E-state index in [-0.39, 0.29) is 6.03 Å². The van der Waals surface area contributed by atoms with Gasteiger partial charge >= 0.3 is 6.03 Å². The van der Waals surface area contributed by atoms with E-state index in [0.29, 0.717) is 17.3 Å². The number of carbonyl (C=O) groups excluding carboxylic acids is 1. The molecule has 2 amide bonds. The van der Waals surface area contributed by atoms with Crippen LogP contribution in [0, 0.1) is 6.92 Å². The molecule has 19 heavy (non-hydrogen) atoms. The number of hydrogen-bond donors (Lipinski definition) is 2. The van der Waals surface area contributed by atoms with Crippen LogP contribution in [0.25, 0.3) is 0 Å². The highest BCUT2D eigenvalue weighted by Crippen LogP contribution is 2.22. The van der Waals surface area contributed by atoms with Gasteiger partial charge in [0, 0.05) is 20.1 Å². The fraction of sp³-hybridized carbons (Fsp3) is 0.154. The summed E-state index contributed by atoms with van der Waals surface area (Å²) in [6, 6.07) is 7.13. The number of anilines is 1. The molecule has 100 valence electrons. The van der Waals surface area contributed by atoms with Crippen LogP contribution in [0.4, 0.5) is 10.5 Å². The van der Waals surface area contributed by atoms with Crippen LogP contribution in [-0.4, -0.2) is 6.03 Å². The molecule has 0 aliphatic rings. The van der Waals surface area contributed by atoms with Gasteiger partial charge in [-0.3, -0.25) is 0 Å². The molecule has 0 unspecified atom stereocenters. The van der Waals surface area contributed by atoms with Gasteiger partial charge in [0.15, 0.2) is 0 Å². The van der Waals surface area contributed by atoms with Crippen LogP contribution in [0.3, 0.4) is 0 Å². The molecular formula is C13H12BrClN2OS. The smallest absolute Gasteiger partial charge is 0.319 e. The van der Waals surface area contributed by atoms with Gasteiger partial charge in [-0.25, -0.2) is 4.79 Å². The zero-order valence-corrected chi connectivity index (χ0v) is 13.3. The molecule has 3 nitrogen and oxygen atoms in total. The van der Waals surface area contributed by atoms with Crippen LogP contribution >= 0.6 is 38.9 Å². The second-order valence-electron chi connectivity index (χ2n) is 3.96. The Bertz CT molecular complexity index is 600. The molecule has 0 aliphatic heterocycles. The number of thiophene rings is 1. The maximum absolute atomic E-state index is 11.7. The quantitative estimate of drug-likeness (QED) is 0.812. The number of rotatable bonds is 3. The number of urea groups is 1. The summed E-state index contributed by atoms with van der Waals surface area (Å²) >= 11 is 11.0. The molecule has 0 spiro atoms. The van der Waals surface area contributed by atoms with Gasteiger partial charge in [0.2, 0.25) is 0 Å². The normalized spacial score (nSPS) is 10.3. The summed E-state index contributed by atoms with van der Waals surface area (Å²) in [5.41, 5.74) is 1.66. The first-order valence-corrected chi connectivity index (χ1v) is 7.64. The third-order valence-electron chi connectivity index (χ3n) is 2.53. The first-order valence-electron chi connectivity index (χ1n) is 5.59. The fourth-order valence-electron chi connectivity index (χ4n) is 1.46. The van der Waals surface area contributed by atoms with Gasteiger partial charge in [0.05, 0.1) is 6.54 Å². The van der Waals surface area contributed by atoms with E-state index in [1.807, 2.05) is 30.5 Å². The topological polar surface area (TPSA) is 41.1 Å². The van der Waals surface area contributed by atoms with E-state index in [9.17, 15) is 4.79 Å². The number of benzene rings is 1. The van der Waals surface area contributed by atoms with Crippen LogP contribution in [0.15, 0.2) is 34.1 Å². The Morgan fingerprint density at radius 1 is 1.42 bits per heavy atom. The predicted octanol–water partition coefficient (Wildman–Crippen LogP) is 4.79. The van der Waals surface area contributed by atoms with Gasteiger partial charge in [-0.1, -0.05) is 17.7 Å². The Hall–Kier alpha value is -1.04. The predicted molar refractivity (Wildman–Crippen MR) is 84.1 cm³/mol. The number of carbonyl (C=O) groups is 1. The molecule has 1 aromatic heterocycles. The van der Waals surface area contributed by atoms with Crippen molar-refractivity contribution >= 4 is 50.6 Å². The van der Waals surface area contributed by atoms with Gasteiger partial charge < -0.3 is 10.6 Å². The standard InChI is InChI=1S/C13H12BrClN2OS/c1-8-2-3-9(6-11(8)15)17-13(18)16-7-12-10(14)4-5-19-12/h2-6H,7H2,1H3,(H2,16,17,18). The van der Waals surface area contributed by atoms with Crippen LogP contribution < -0.4 is 10.6 Å². The van der Waals surface area contributed by atoms with Crippen molar-refractivity contribution in [2.75, 3.05) is 5.32 Å². The molecule has 0 saturated carbocycles. The lowest BCUT2D eigenvalue weighted by Gasteiger charge is -2.08. The van der Waals surface area contributed by atoms with Crippen molar-refractivity contribution in [2.45, 2.75) is 13.5 Å². The van der Waals surface area contributed by atoms with Crippen LogP contribution in [0.5, 0.6) is 0 Å². The van der Waals surface area contributed by atoms with Crippen molar-refractivity contribution in [1.82, 2.24) is 5.32 Å². The number of amides is 2. The van der Waals surface area contributed by atoms with Gasteiger partial charge in [-0.05, 0) is 52.0 Å². The van der Waals surface area contributed by atoms with E-state index in [4.69, 9.17) is 11.6 Å². The Balaban J connectivity index is 1.91. The summed E-state index contributed by atoms with van der Waals surface area (Å²) in [5, 5.41) is 8.15. The highest BCUT2D eigenvalue weighted by Gasteiger charge is 2.06. The van der Waals surface area contributed by atoms with E-state index in [2.05, 4.69) is 26.6 Å². The van der Waals surface area contributed by atoms with E-state index in [1.54, 1.807) is 17.4 Å². The molecule has 0 aliphatic carbocycles. The molecule has 6 heteroatoms. The third kappa shape index (κ3) is 3.96. The zero-order valence-electron chi connectivity index (χ0n) is 10.2. The molecule has 1 heterocycles. The lowest BCUT2D eigenvalue weighted by molar-refractivity contribution is 0.252. The second-order valence-corrected chi connectivity index (χ2v) is 6.23. The molecule has 2 rings (SSSR count). The van der Waals surface area contributed by atoms with Gasteiger partial charge in [0.25, 0.3) is 0 Å². The maximum atomic E-state index is 11.7. The summed E-state index contributed by atoms with van der Waals surface area (Å²) in [7, 11) is 0. The molecule has 0 fully saturated rings. The molecule has 2 N–H and O–H groups in total. The SMILES string of the molecule is Cc1ccc(NC(=O)NCc2sccc2Br)cc1Cl. The van der Waals surface area contributed by atoms with Gasteiger partial charge in [0.1, 0.15) is 0 Å². The summed E-state index contributed by atoms with van der Waals surface area (Å²) in [6.45, 7) is 2.41. The van der Waals surface area contributed by atoms with Crippen molar-refractivity contribution in [3.05, 3.63) is 49.6 Å². The van der Waals surface area contributed by atoms with Crippen molar-refractivity contribution in [3.63, 3.8) is 0 Å². The first kappa shape index (κ1) is 14.4. The number of hydrogen-bond acceptors (Lipinski definition) is 2. The Kier molecular flexibility index (Phi) is 4.85. The average Bonchev–Trinajstić information content (AvgIpc) is 2.77. The second kappa shape index (κ2) is 6.41. The van der Waals surface area contributed by atoms with Crippen molar-refractivity contribution < 1.29 is 4.79 Å². The molecule has 0 bridgehead atoms. The largest absolute Gasteiger partial charge is 0.333 e. The lowest BCUT2D eigenvalue weighted by atomic mass is 10.2. The summed E-state index contributed by atoms with van der Waals surface area (Å²) < 4.78 is 1.01. The molecule has 0 radical (unpaired) electrons. The van der Waals surface area contributed by atoms with E-state index in [0.717, 1.165) is 14.9 Å². The Morgan fingerprint density at radius 2 is 2.21 bits per heavy atom. The van der Waals surface area contributed by atoms with Crippen LogP contribution in [-0.2, 0) is 6.54 Å². The number of halogens is 2. The molecule has 2 aromatic rings. The molecule has 1 aromatic carbocycles. The van der Waals surface area contributed by atoms with Gasteiger partial charge in [-0.2, -0.15) is 0 Å². The summed E-state index contributed by atoms with van der Waals surface area (Å²) in [5.74, 6) is 0. The summed E-state index contributed by atoms with van der Waals surface area (Å²) in [4.78, 5) is 12.8. The minimum atomic E-state index is -0.250. The van der Waals surface area contributed by atoms with Crippen molar-refractivity contribution in [2.24, 2.45) is 0 Å². The lowest BCUT2D eigenvalue weighted by Crippen LogP contribution is -2.27. The molecule has 0 atom stereocenters. The molecular weight excluding hydrogens is 348 g/mol. The number of nitrogens with one attached hydrogen (secondary N) is 2. The maximum Gasteiger partial charge on any atom is 0.319 e. The minimum Gasteiger partial charge on any atom is -0.333 e. The van der Waals surface area contributed by atoms with E-state index < -0.39 is 0 Å². The van der Waals surface area contributed by atoms with E-state index in [1.165, 1.54) is 0 Å². The monoisotopic (exact) mass is 358 g/mol. The number of aryl methyl sites for hydroxylation is 1. The average molecular weight is 360 g/mol. The highest BCUT2D eigenvalue weighted by molar-refractivity contribution is 9.10. The highest BCUT2D eigenvalue weighted by atomic mass is 79.9. The zero-order chi connectivity index (χ0) is 13.8. The van der Waals surface area contributed by atoms with E-state index >= 15 is 0 Å². The van der Waals surface area contributed by atoms with Crippen molar-refractivity contribution in [3.8, 4) is 0 Å². The Morgan fingerprint density at radius 3 is 2.84 bits per heavy atom. The fourth-order valence-corrected chi connectivity index (χ4v) is 3.07. The van der Waals surface area contributed by atoms with Crippen LogP contribution in [0.1, 0.15) is 10.4 Å². The van der Waals surface area contributed by atoms with Gasteiger partial charge in [-0.15, -0.1) is 11.3 Å². The van der Waals surface area contributed by atoms with Crippen LogP contribution in [0.2, 0.25) is 5.02 Å².